The molecule has 3 rings (SSSR count). The predicted molar refractivity (Wildman–Crippen MR) is 55.4 cm³/mol. The van der Waals surface area contributed by atoms with Gasteiger partial charge in [0.25, 0.3) is 0 Å². The van der Waals surface area contributed by atoms with E-state index in [0.717, 1.165) is 25.1 Å². The molecule has 2 aliphatic rings. The highest BCUT2D eigenvalue weighted by molar-refractivity contribution is 5.30. The molecule has 1 unspecified atom stereocenters. The summed E-state index contributed by atoms with van der Waals surface area (Å²) in [6.07, 6.45) is 7.81. The highest BCUT2D eigenvalue weighted by atomic mass is 15.2. The van der Waals surface area contributed by atoms with E-state index in [0.29, 0.717) is 6.04 Å². The first-order valence-electron chi connectivity index (χ1n) is 5.43. The van der Waals surface area contributed by atoms with Crippen molar-refractivity contribution in [3.05, 3.63) is 12.4 Å². The van der Waals surface area contributed by atoms with E-state index in [1.807, 2.05) is 6.20 Å². The van der Waals surface area contributed by atoms with Crippen molar-refractivity contribution >= 4 is 5.95 Å². The number of nitrogens with zero attached hydrogens (tertiary/aromatic N) is 2. The second kappa shape index (κ2) is 3.28. The summed E-state index contributed by atoms with van der Waals surface area (Å²) >= 11 is 0. The molecule has 0 spiro atoms. The van der Waals surface area contributed by atoms with E-state index in [1.54, 1.807) is 0 Å². The van der Waals surface area contributed by atoms with E-state index in [9.17, 15) is 0 Å². The summed E-state index contributed by atoms with van der Waals surface area (Å²) in [6, 6.07) is 1.28. The summed E-state index contributed by atoms with van der Waals surface area (Å²) in [5.74, 6) is 1.06. The van der Waals surface area contributed by atoms with Gasteiger partial charge in [0.1, 0.15) is 0 Å². The lowest BCUT2D eigenvalue weighted by Gasteiger charge is -2.13. The average molecular weight is 192 g/mol. The molecular weight excluding hydrogens is 176 g/mol. The zero-order chi connectivity index (χ0) is 9.38. The molecular formula is C10H16N4. The van der Waals surface area contributed by atoms with Crippen LogP contribution in [0.15, 0.2) is 12.4 Å². The fourth-order valence-corrected chi connectivity index (χ4v) is 2.03. The van der Waals surface area contributed by atoms with E-state index >= 15 is 0 Å². The normalized spacial score (nSPS) is 26.7. The lowest BCUT2D eigenvalue weighted by molar-refractivity contribution is 0.712. The number of anilines is 1. The first-order valence-corrected chi connectivity index (χ1v) is 5.43. The van der Waals surface area contributed by atoms with Gasteiger partial charge in [0, 0.05) is 31.0 Å². The number of rotatable bonds is 3. The van der Waals surface area contributed by atoms with E-state index in [2.05, 4.69) is 26.4 Å². The van der Waals surface area contributed by atoms with Gasteiger partial charge >= 0.3 is 0 Å². The van der Waals surface area contributed by atoms with E-state index in [4.69, 9.17) is 0 Å². The Morgan fingerprint density at radius 1 is 1.43 bits per heavy atom. The second-order valence-corrected chi connectivity index (χ2v) is 4.22. The fraction of sp³-hybridized carbons (Fsp3) is 0.700. The maximum Gasteiger partial charge on any atom is 0.203 e. The summed E-state index contributed by atoms with van der Waals surface area (Å²) in [5.41, 5.74) is 0. The van der Waals surface area contributed by atoms with Crippen LogP contribution in [0.5, 0.6) is 0 Å². The molecule has 4 nitrogen and oxygen atoms in total. The van der Waals surface area contributed by atoms with Crippen molar-refractivity contribution < 1.29 is 0 Å². The van der Waals surface area contributed by atoms with Crippen molar-refractivity contribution in [2.75, 3.05) is 18.4 Å². The van der Waals surface area contributed by atoms with Crippen LogP contribution < -0.4 is 10.6 Å². The molecule has 4 heteroatoms. The SMILES string of the molecule is c1cn(C2CC2)c(NC2CCNC2)n1. The van der Waals surface area contributed by atoms with Crippen molar-refractivity contribution in [2.24, 2.45) is 0 Å². The standard InChI is InChI=1S/C10H16N4/c1-2-9(1)14-6-5-12-10(14)13-8-3-4-11-7-8/h5-6,8-9,11H,1-4,7H2,(H,12,13). The van der Waals surface area contributed by atoms with E-state index in [1.165, 1.54) is 19.3 Å². The van der Waals surface area contributed by atoms with Crippen LogP contribution in [0.2, 0.25) is 0 Å². The van der Waals surface area contributed by atoms with Crippen molar-refractivity contribution in [2.45, 2.75) is 31.3 Å². The minimum absolute atomic E-state index is 0.565. The highest BCUT2D eigenvalue weighted by Crippen LogP contribution is 2.36. The summed E-state index contributed by atoms with van der Waals surface area (Å²) in [4.78, 5) is 4.36. The van der Waals surface area contributed by atoms with Crippen molar-refractivity contribution in [1.29, 1.82) is 0 Å². The topological polar surface area (TPSA) is 41.9 Å². The van der Waals surface area contributed by atoms with Crippen LogP contribution in [-0.2, 0) is 0 Å². The van der Waals surface area contributed by atoms with E-state index in [-0.39, 0.29) is 0 Å². The molecule has 2 N–H and O–H groups in total. The van der Waals surface area contributed by atoms with Crippen molar-refractivity contribution in [3.63, 3.8) is 0 Å². The van der Waals surface area contributed by atoms with Crippen LogP contribution in [0.4, 0.5) is 5.95 Å². The van der Waals surface area contributed by atoms with Gasteiger partial charge in [0.15, 0.2) is 0 Å². The molecule has 0 amide bonds. The number of hydrogen-bond donors (Lipinski definition) is 2. The summed E-state index contributed by atoms with van der Waals surface area (Å²) in [7, 11) is 0. The molecule has 76 valence electrons. The summed E-state index contributed by atoms with van der Waals surface area (Å²) in [5, 5.41) is 6.85. The third-order valence-corrected chi connectivity index (χ3v) is 3.00. The molecule has 1 aliphatic heterocycles. The quantitative estimate of drug-likeness (QED) is 0.750. The molecule has 0 aromatic carbocycles. The molecule has 1 aromatic rings. The zero-order valence-corrected chi connectivity index (χ0v) is 8.24. The predicted octanol–water partition coefficient (Wildman–Crippen LogP) is 0.992. The molecule has 1 saturated carbocycles. The third kappa shape index (κ3) is 1.50. The molecule has 1 aliphatic carbocycles. The lowest BCUT2D eigenvalue weighted by Crippen LogP contribution is -2.24. The Labute approximate surface area is 83.7 Å². The van der Waals surface area contributed by atoms with Crippen LogP contribution in [0, 0.1) is 0 Å². The van der Waals surface area contributed by atoms with Gasteiger partial charge in [0.05, 0.1) is 0 Å². The number of imidazole rings is 1. The van der Waals surface area contributed by atoms with Crippen LogP contribution in [-0.4, -0.2) is 28.7 Å². The smallest absolute Gasteiger partial charge is 0.203 e. The Morgan fingerprint density at radius 3 is 3.07 bits per heavy atom. The van der Waals surface area contributed by atoms with Gasteiger partial charge in [0.2, 0.25) is 5.95 Å². The molecule has 2 fully saturated rings. The van der Waals surface area contributed by atoms with Crippen molar-refractivity contribution in [3.8, 4) is 0 Å². The zero-order valence-electron chi connectivity index (χ0n) is 8.24. The molecule has 1 atom stereocenters. The van der Waals surface area contributed by atoms with Gasteiger partial charge in [-0.1, -0.05) is 0 Å². The van der Waals surface area contributed by atoms with Gasteiger partial charge < -0.3 is 15.2 Å². The van der Waals surface area contributed by atoms with Crippen LogP contribution in [0.25, 0.3) is 0 Å². The molecule has 1 saturated heterocycles. The Hall–Kier alpha value is -1.03. The van der Waals surface area contributed by atoms with Crippen LogP contribution >= 0.6 is 0 Å². The number of aromatic nitrogens is 2. The summed E-state index contributed by atoms with van der Waals surface area (Å²) < 4.78 is 2.28. The monoisotopic (exact) mass is 192 g/mol. The molecule has 0 radical (unpaired) electrons. The summed E-state index contributed by atoms with van der Waals surface area (Å²) in [6.45, 7) is 2.19. The van der Waals surface area contributed by atoms with Gasteiger partial charge in [-0.15, -0.1) is 0 Å². The molecule has 14 heavy (non-hydrogen) atoms. The third-order valence-electron chi connectivity index (χ3n) is 3.00. The van der Waals surface area contributed by atoms with Gasteiger partial charge in [-0.25, -0.2) is 4.98 Å². The fourth-order valence-electron chi connectivity index (χ4n) is 2.03. The Kier molecular flexibility index (Phi) is 1.94. The average Bonchev–Trinajstić information content (AvgIpc) is 2.74. The minimum atomic E-state index is 0.565. The molecule has 1 aromatic heterocycles. The maximum atomic E-state index is 4.36. The maximum absolute atomic E-state index is 4.36. The van der Waals surface area contributed by atoms with Crippen LogP contribution in [0.3, 0.4) is 0 Å². The molecule has 0 bridgehead atoms. The van der Waals surface area contributed by atoms with Gasteiger partial charge in [-0.05, 0) is 25.8 Å². The van der Waals surface area contributed by atoms with Crippen molar-refractivity contribution in [1.82, 2.24) is 14.9 Å². The Bertz CT molecular complexity index is 310. The first-order chi connectivity index (χ1) is 6.93. The minimum Gasteiger partial charge on any atom is -0.352 e. The number of nitrogens with one attached hydrogen (secondary N) is 2. The van der Waals surface area contributed by atoms with Gasteiger partial charge in [-0.2, -0.15) is 0 Å². The first kappa shape index (κ1) is 8.29. The lowest BCUT2D eigenvalue weighted by atomic mass is 10.3. The molecule has 2 heterocycles. The highest BCUT2D eigenvalue weighted by Gasteiger charge is 2.26. The largest absolute Gasteiger partial charge is 0.352 e. The second-order valence-electron chi connectivity index (χ2n) is 4.22. The Morgan fingerprint density at radius 2 is 2.36 bits per heavy atom. The Balaban J connectivity index is 1.71. The van der Waals surface area contributed by atoms with Gasteiger partial charge in [-0.3, -0.25) is 0 Å². The van der Waals surface area contributed by atoms with E-state index < -0.39 is 0 Å². The number of hydrogen-bond acceptors (Lipinski definition) is 3. The van der Waals surface area contributed by atoms with Crippen LogP contribution in [0.1, 0.15) is 25.3 Å².